The van der Waals surface area contributed by atoms with E-state index in [2.05, 4.69) is 0 Å². The lowest BCUT2D eigenvalue weighted by molar-refractivity contribution is -0.127. The molecular formula is C9H11F2NO3S2. The molecule has 0 fully saturated rings. The maximum atomic E-state index is 12.1. The molecule has 17 heavy (non-hydrogen) atoms. The first-order chi connectivity index (χ1) is 7.83. The zero-order valence-electron chi connectivity index (χ0n) is 8.97. The Balaban J connectivity index is 2.59. The van der Waals surface area contributed by atoms with E-state index in [-0.39, 0.29) is 6.54 Å². The first kappa shape index (κ1) is 14.0. The highest BCUT2D eigenvalue weighted by atomic mass is 32.2. The van der Waals surface area contributed by atoms with Crippen LogP contribution in [-0.2, 0) is 21.2 Å². The van der Waals surface area contributed by atoms with Gasteiger partial charge in [0.2, 0.25) is 15.7 Å². The zero-order valence-corrected chi connectivity index (χ0v) is 10.6. The normalized spacial score (nSPS) is 11.8. The summed E-state index contributed by atoms with van der Waals surface area (Å²) in [5.74, 6) is -5.51. The molecule has 0 aliphatic rings. The van der Waals surface area contributed by atoms with Crippen molar-refractivity contribution in [2.75, 3.05) is 12.8 Å². The van der Waals surface area contributed by atoms with Gasteiger partial charge in [-0.2, -0.15) is 8.78 Å². The molecule has 1 heterocycles. The maximum absolute atomic E-state index is 12.1. The number of alkyl halides is 2. The van der Waals surface area contributed by atoms with Crippen LogP contribution in [0.15, 0.2) is 17.5 Å². The molecule has 0 N–H and O–H groups in total. The molecule has 1 amide bonds. The summed E-state index contributed by atoms with van der Waals surface area (Å²) in [6.07, 6.45) is 0. The first-order valence-corrected chi connectivity index (χ1v) is 7.18. The van der Waals surface area contributed by atoms with Gasteiger partial charge in [-0.3, -0.25) is 4.79 Å². The Hall–Kier alpha value is -1.02. The van der Waals surface area contributed by atoms with Gasteiger partial charge in [0.05, 0.1) is 6.54 Å². The van der Waals surface area contributed by atoms with E-state index in [4.69, 9.17) is 0 Å². The van der Waals surface area contributed by atoms with Gasteiger partial charge in [-0.1, -0.05) is 6.07 Å². The Morgan fingerprint density at radius 3 is 2.65 bits per heavy atom. The highest BCUT2D eigenvalue weighted by Crippen LogP contribution is 2.12. The number of rotatable bonds is 5. The molecule has 0 saturated carbocycles. The monoisotopic (exact) mass is 283 g/mol. The number of hydrogen-bond acceptors (Lipinski definition) is 4. The summed E-state index contributed by atoms with van der Waals surface area (Å²) < 4.78 is 45.8. The first-order valence-electron chi connectivity index (χ1n) is 4.59. The molecule has 0 aliphatic carbocycles. The number of amides is 1. The van der Waals surface area contributed by atoms with E-state index in [0.717, 1.165) is 9.78 Å². The summed E-state index contributed by atoms with van der Waals surface area (Å²) in [6.45, 7) is 0.218. The van der Waals surface area contributed by atoms with Crippen LogP contribution in [0.1, 0.15) is 4.88 Å². The van der Waals surface area contributed by atoms with Crippen LogP contribution in [-0.4, -0.2) is 37.8 Å². The molecule has 1 aromatic heterocycles. The molecule has 0 spiro atoms. The van der Waals surface area contributed by atoms with Gasteiger partial charge >= 0.3 is 5.76 Å². The molecule has 0 atom stereocenters. The van der Waals surface area contributed by atoms with E-state index in [1.807, 2.05) is 5.38 Å². The molecule has 0 radical (unpaired) electrons. The van der Waals surface area contributed by atoms with Crippen LogP contribution in [0.4, 0.5) is 8.78 Å². The van der Waals surface area contributed by atoms with Gasteiger partial charge in [-0.15, -0.1) is 11.3 Å². The molecule has 0 saturated heterocycles. The SMILES string of the molecule is CN(Cc1cccs1)C(=O)CS(=O)(=O)C(F)F. The fourth-order valence-electron chi connectivity index (χ4n) is 1.07. The Morgan fingerprint density at radius 1 is 1.53 bits per heavy atom. The third kappa shape index (κ3) is 4.04. The van der Waals surface area contributed by atoms with Crippen molar-refractivity contribution in [2.24, 2.45) is 0 Å². The molecule has 4 nitrogen and oxygen atoms in total. The van der Waals surface area contributed by atoms with Crippen LogP contribution in [0.25, 0.3) is 0 Å². The predicted molar refractivity (Wildman–Crippen MR) is 60.6 cm³/mol. The molecule has 1 rings (SSSR count). The number of halogens is 2. The van der Waals surface area contributed by atoms with Gasteiger partial charge in [0, 0.05) is 11.9 Å². The van der Waals surface area contributed by atoms with Crippen LogP contribution in [0, 0.1) is 0 Å². The minimum Gasteiger partial charge on any atom is -0.340 e. The van der Waals surface area contributed by atoms with E-state index in [1.54, 1.807) is 12.1 Å². The number of nitrogens with zero attached hydrogens (tertiary/aromatic N) is 1. The van der Waals surface area contributed by atoms with Gasteiger partial charge in [0.15, 0.2) is 0 Å². The van der Waals surface area contributed by atoms with Crippen molar-refractivity contribution in [1.82, 2.24) is 4.90 Å². The van der Waals surface area contributed by atoms with Gasteiger partial charge in [0.1, 0.15) is 5.75 Å². The molecule has 8 heteroatoms. The van der Waals surface area contributed by atoms with Gasteiger partial charge in [-0.25, -0.2) is 8.42 Å². The lowest BCUT2D eigenvalue weighted by Crippen LogP contribution is -2.33. The van der Waals surface area contributed by atoms with Crippen LogP contribution in [0.2, 0.25) is 0 Å². The summed E-state index contributed by atoms with van der Waals surface area (Å²) in [7, 11) is -3.26. The molecular weight excluding hydrogens is 272 g/mol. The fourth-order valence-corrected chi connectivity index (χ4v) is 2.52. The lowest BCUT2D eigenvalue weighted by atomic mass is 10.4. The fraction of sp³-hybridized carbons (Fsp3) is 0.444. The standard InChI is InChI=1S/C9H11F2NO3S2/c1-12(5-7-3-2-4-16-7)8(13)6-17(14,15)9(10)11/h2-4,9H,5-6H2,1H3. The highest BCUT2D eigenvalue weighted by Gasteiger charge is 2.28. The molecule has 0 aliphatic heterocycles. The quantitative estimate of drug-likeness (QED) is 0.819. The van der Waals surface area contributed by atoms with Crippen molar-refractivity contribution >= 4 is 27.1 Å². The second-order valence-electron chi connectivity index (χ2n) is 3.40. The number of thiophene rings is 1. The third-order valence-electron chi connectivity index (χ3n) is 1.99. The van der Waals surface area contributed by atoms with Gasteiger partial charge < -0.3 is 4.90 Å². The average molecular weight is 283 g/mol. The Morgan fingerprint density at radius 2 is 2.18 bits per heavy atom. The number of carbonyl (C=O) groups is 1. The largest absolute Gasteiger partial charge is 0.340 e. The van der Waals surface area contributed by atoms with Gasteiger partial charge in [-0.05, 0) is 11.4 Å². The van der Waals surface area contributed by atoms with E-state index in [1.165, 1.54) is 18.4 Å². The lowest BCUT2D eigenvalue weighted by Gasteiger charge is -2.15. The Kier molecular flexibility index (Phi) is 4.58. The summed E-state index contributed by atoms with van der Waals surface area (Å²) >= 11 is 1.40. The number of hydrogen-bond donors (Lipinski definition) is 0. The minimum absolute atomic E-state index is 0.218. The van der Waals surface area contributed by atoms with Crippen molar-refractivity contribution in [3.05, 3.63) is 22.4 Å². The second-order valence-corrected chi connectivity index (χ2v) is 6.40. The number of carbonyl (C=O) groups excluding carboxylic acids is 1. The van der Waals surface area contributed by atoms with Crippen molar-refractivity contribution in [1.29, 1.82) is 0 Å². The second kappa shape index (κ2) is 5.54. The molecule has 0 unspecified atom stereocenters. The zero-order chi connectivity index (χ0) is 13.1. The predicted octanol–water partition coefficient (Wildman–Crippen LogP) is 1.34. The maximum Gasteiger partial charge on any atom is 0.337 e. The number of sulfone groups is 1. The van der Waals surface area contributed by atoms with Crippen molar-refractivity contribution in [2.45, 2.75) is 12.3 Å². The van der Waals surface area contributed by atoms with Crippen LogP contribution in [0.5, 0.6) is 0 Å². The molecule has 0 bridgehead atoms. The topological polar surface area (TPSA) is 54.5 Å². The van der Waals surface area contributed by atoms with E-state index < -0.39 is 27.3 Å². The van der Waals surface area contributed by atoms with Gasteiger partial charge in [0.25, 0.3) is 0 Å². The van der Waals surface area contributed by atoms with E-state index in [0.29, 0.717) is 0 Å². The van der Waals surface area contributed by atoms with E-state index in [9.17, 15) is 22.0 Å². The molecule has 0 aromatic carbocycles. The van der Waals surface area contributed by atoms with E-state index >= 15 is 0 Å². The molecule has 1 aromatic rings. The smallest absolute Gasteiger partial charge is 0.337 e. The van der Waals surface area contributed by atoms with Crippen molar-refractivity contribution in [3.63, 3.8) is 0 Å². The highest BCUT2D eigenvalue weighted by molar-refractivity contribution is 7.92. The summed E-state index contributed by atoms with van der Waals surface area (Å²) in [5, 5.41) is 1.81. The van der Waals surface area contributed by atoms with Crippen molar-refractivity contribution in [3.8, 4) is 0 Å². The summed E-state index contributed by atoms with van der Waals surface area (Å²) in [4.78, 5) is 13.4. The van der Waals surface area contributed by atoms with Crippen LogP contribution >= 0.6 is 11.3 Å². The van der Waals surface area contributed by atoms with Crippen LogP contribution in [0.3, 0.4) is 0 Å². The third-order valence-corrected chi connectivity index (χ3v) is 4.05. The average Bonchev–Trinajstić information content (AvgIpc) is 2.69. The molecule has 96 valence electrons. The summed E-state index contributed by atoms with van der Waals surface area (Å²) in [6, 6.07) is 3.56. The summed E-state index contributed by atoms with van der Waals surface area (Å²) in [5.41, 5.74) is 0. The van der Waals surface area contributed by atoms with Crippen molar-refractivity contribution < 1.29 is 22.0 Å². The Bertz CT molecular complexity index is 470. The van der Waals surface area contributed by atoms with Crippen LogP contribution < -0.4 is 0 Å². The minimum atomic E-state index is -4.64. The Labute approximate surface area is 102 Å².